The van der Waals surface area contributed by atoms with Gasteiger partial charge in [0.1, 0.15) is 11.5 Å². The summed E-state index contributed by atoms with van der Waals surface area (Å²) in [5.41, 5.74) is 1.75. The van der Waals surface area contributed by atoms with Crippen molar-refractivity contribution in [3.63, 3.8) is 0 Å². The van der Waals surface area contributed by atoms with Gasteiger partial charge in [-0.1, -0.05) is 12.1 Å². The first kappa shape index (κ1) is 21.7. The third-order valence-electron chi connectivity index (χ3n) is 4.51. The molecule has 0 fully saturated rings. The van der Waals surface area contributed by atoms with Crippen molar-refractivity contribution in [1.29, 1.82) is 0 Å². The molecule has 3 rings (SSSR count). The number of nitro benzene ring substituents is 1. The zero-order valence-corrected chi connectivity index (χ0v) is 16.6. The van der Waals surface area contributed by atoms with Crippen molar-refractivity contribution < 1.29 is 28.0 Å². The van der Waals surface area contributed by atoms with E-state index in [1.54, 1.807) is 24.3 Å². The van der Waals surface area contributed by atoms with Crippen LogP contribution in [0.5, 0.6) is 11.5 Å². The molecule has 9 heteroatoms. The Bertz CT molecular complexity index is 1120. The van der Waals surface area contributed by atoms with Gasteiger partial charge in [0.05, 0.1) is 12.0 Å². The highest BCUT2D eigenvalue weighted by molar-refractivity contribution is 6.05. The fourth-order valence-electron chi connectivity index (χ4n) is 3.01. The molecule has 7 nitrogen and oxygen atoms in total. The summed E-state index contributed by atoms with van der Waals surface area (Å²) < 4.78 is 35.4. The molecule has 0 heterocycles. The lowest BCUT2D eigenvalue weighted by atomic mass is 10.0. The van der Waals surface area contributed by atoms with Crippen LogP contribution in [0.15, 0.2) is 60.7 Å². The van der Waals surface area contributed by atoms with Crippen LogP contribution in [0.3, 0.4) is 0 Å². The van der Waals surface area contributed by atoms with Crippen LogP contribution >= 0.6 is 0 Å². The number of carbonyl (C=O) groups excluding carboxylic acids is 1. The number of hydrogen-bond acceptors (Lipinski definition) is 5. The van der Waals surface area contributed by atoms with Crippen LogP contribution in [-0.2, 0) is 0 Å². The number of aryl methyl sites for hydroxylation is 1. The van der Waals surface area contributed by atoms with Crippen molar-refractivity contribution in [3.05, 3.63) is 81.9 Å². The molecule has 0 unspecified atom stereocenters. The van der Waals surface area contributed by atoms with E-state index in [-0.39, 0.29) is 17.0 Å². The number of anilines is 1. The van der Waals surface area contributed by atoms with Crippen molar-refractivity contribution in [1.82, 2.24) is 0 Å². The van der Waals surface area contributed by atoms with E-state index in [1.807, 2.05) is 0 Å². The largest absolute Gasteiger partial charge is 0.497 e. The Morgan fingerprint density at radius 3 is 2.35 bits per heavy atom. The average molecular weight is 428 g/mol. The summed E-state index contributed by atoms with van der Waals surface area (Å²) >= 11 is 0. The predicted octanol–water partition coefficient (Wildman–Crippen LogP) is 5.43. The van der Waals surface area contributed by atoms with Crippen molar-refractivity contribution in [2.24, 2.45) is 0 Å². The number of carbonyl (C=O) groups is 1. The van der Waals surface area contributed by atoms with Gasteiger partial charge in [0, 0.05) is 28.4 Å². The van der Waals surface area contributed by atoms with Gasteiger partial charge in [-0.05, 0) is 55.0 Å². The van der Waals surface area contributed by atoms with Crippen LogP contribution < -0.4 is 14.8 Å². The Morgan fingerprint density at radius 1 is 1.06 bits per heavy atom. The number of nitro groups is 1. The number of alkyl halides is 2. The van der Waals surface area contributed by atoms with E-state index in [0.29, 0.717) is 28.1 Å². The zero-order valence-electron chi connectivity index (χ0n) is 16.6. The topological polar surface area (TPSA) is 90.7 Å². The maximum Gasteiger partial charge on any atom is 0.387 e. The number of nitrogens with one attached hydrogen (secondary N) is 1. The Morgan fingerprint density at radius 2 is 1.77 bits per heavy atom. The smallest absolute Gasteiger partial charge is 0.387 e. The molecule has 3 aromatic carbocycles. The molecule has 0 spiro atoms. The van der Waals surface area contributed by atoms with E-state index in [0.717, 1.165) is 0 Å². The summed E-state index contributed by atoms with van der Waals surface area (Å²) in [6.45, 7) is -1.48. The fraction of sp³-hybridized carbons (Fsp3) is 0.136. The van der Waals surface area contributed by atoms with Crippen LogP contribution in [0.1, 0.15) is 15.9 Å². The van der Waals surface area contributed by atoms with Gasteiger partial charge in [-0.25, -0.2) is 0 Å². The van der Waals surface area contributed by atoms with Crippen LogP contribution in [0.2, 0.25) is 0 Å². The van der Waals surface area contributed by atoms with Gasteiger partial charge in [-0.15, -0.1) is 0 Å². The summed E-state index contributed by atoms with van der Waals surface area (Å²) in [5, 5.41) is 13.6. The molecule has 160 valence electrons. The first-order valence-corrected chi connectivity index (χ1v) is 9.08. The number of halogens is 2. The van der Waals surface area contributed by atoms with Gasteiger partial charge in [0.2, 0.25) is 0 Å². The van der Waals surface area contributed by atoms with Gasteiger partial charge in [-0.2, -0.15) is 8.78 Å². The second kappa shape index (κ2) is 9.21. The second-order valence-electron chi connectivity index (χ2n) is 6.53. The number of rotatable bonds is 7. The Labute approximate surface area is 176 Å². The molecule has 0 aliphatic rings. The van der Waals surface area contributed by atoms with Crippen LogP contribution in [0.25, 0.3) is 11.1 Å². The van der Waals surface area contributed by atoms with Crippen molar-refractivity contribution in [2.45, 2.75) is 13.5 Å². The lowest BCUT2D eigenvalue weighted by Gasteiger charge is -2.14. The fourth-order valence-corrected chi connectivity index (χ4v) is 3.01. The number of hydrogen-bond donors (Lipinski definition) is 1. The maximum absolute atomic E-state index is 12.8. The number of benzene rings is 3. The summed E-state index contributed by atoms with van der Waals surface area (Å²) in [6, 6.07) is 15.0. The number of amides is 1. The highest BCUT2D eigenvalue weighted by Crippen LogP contribution is 2.35. The van der Waals surface area contributed by atoms with Gasteiger partial charge >= 0.3 is 6.61 Å². The first-order chi connectivity index (χ1) is 14.8. The summed E-state index contributed by atoms with van der Waals surface area (Å²) in [4.78, 5) is 23.0. The van der Waals surface area contributed by atoms with Crippen molar-refractivity contribution in [3.8, 4) is 22.6 Å². The van der Waals surface area contributed by atoms with E-state index in [1.165, 1.54) is 50.4 Å². The Balaban J connectivity index is 1.91. The minimum Gasteiger partial charge on any atom is -0.497 e. The van der Waals surface area contributed by atoms with Gasteiger partial charge < -0.3 is 14.8 Å². The molecule has 0 radical (unpaired) electrons. The van der Waals surface area contributed by atoms with Gasteiger partial charge in [0.15, 0.2) is 0 Å². The molecule has 0 atom stereocenters. The third kappa shape index (κ3) is 5.13. The van der Waals surface area contributed by atoms with E-state index in [4.69, 9.17) is 4.74 Å². The van der Waals surface area contributed by atoms with E-state index in [2.05, 4.69) is 10.1 Å². The molecule has 0 aromatic heterocycles. The number of ether oxygens (including phenoxy) is 2. The first-order valence-electron chi connectivity index (χ1n) is 9.08. The molecule has 0 aliphatic carbocycles. The van der Waals surface area contributed by atoms with E-state index >= 15 is 0 Å². The molecule has 31 heavy (non-hydrogen) atoms. The summed E-state index contributed by atoms with van der Waals surface area (Å²) in [7, 11) is 1.51. The minimum absolute atomic E-state index is 0.0515. The van der Waals surface area contributed by atoms with E-state index < -0.39 is 17.4 Å². The molecule has 1 N–H and O–H groups in total. The standard InChI is InChI=1S/C22H18F2N2O5/c1-13-11-15(5-9-19(13)26(28)29)21(27)25-16-6-10-20(31-22(23)24)18(12-16)14-3-7-17(30-2)8-4-14/h3-12,22H,1-2H3,(H,25,27). The summed E-state index contributed by atoms with van der Waals surface area (Å²) in [6.07, 6.45) is 0. The highest BCUT2D eigenvalue weighted by Gasteiger charge is 2.16. The SMILES string of the molecule is COc1ccc(-c2cc(NC(=O)c3ccc([N+](=O)[O-])c(C)c3)ccc2OC(F)F)cc1. The van der Waals surface area contributed by atoms with E-state index in [9.17, 15) is 23.7 Å². The second-order valence-corrected chi connectivity index (χ2v) is 6.53. The normalized spacial score (nSPS) is 10.6. The van der Waals surface area contributed by atoms with Gasteiger partial charge in [0.25, 0.3) is 11.6 Å². The maximum atomic E-state index is 12.8. The number of methoxy groups -OCH3 is 1. The zero-order chi connectivity index (χ0) is 22.5. The van der Waals surface area contributed by atoms with Gasteiger partial charge in [-0.3, -0.25) is 14.9 Å². The van der Waals surface area contributed by atoms with Crippen molar-refractivity contribution in [2.75, 3.05) is 12.4 Å². The molecule has 0 bridgehead atoms. The third-order valence-corrected chi connectivity index (χ3v) is 4.51. The quantitative estimate of drug-likeness (QED) is 0.400. The van der Waals surface area contributed by atoms with Crippen LogP contribution in [0.4, 0.5) is 20.2 Å². The summed E-state index contributed by atoms with van der Waals surface area (Å²) in [5.74, 6) is 0.0450. The molecule has 3 aromatic rings. The van der Waals surface area contributed by atoms with Crippen LogP contribution in [0, 0.1) is 17.0 Å². The molecule has 0 saturated carbocycles. The lowest BCUT2D eigenvalue weighted by molar-refractivity contribution is -0.385. The monoisotopic (exact) mass is 428 g/mol. The highest BCUT2D eigenvalue weighted by atomic mass is 19.3. The lowest BCUT2D eigenvalue weighted by Crippen LogP contribution is -2.12. The molecular weight excluding hydrogens is 410 g/mol. The molecule has 0 aliphatic heterocycles. The molecule has 0 saturated heterocycles. The minimum atomic E-state index is -3.01. The molecular formula is C22H18F2N2O5. The van der Waals surface area contributed by atoms with Crippen molar-refractivity contribution >= 4 is 17.3 Å². The number of nitrogens with zero attached hydrogens (tertiary/aromatic N) is 1. The predicted molar refractivity (Wildman–Crippen MR) is 111 cm³/mol. The average Bonchev–Trinajstić information content (AvgIpc) is 2.74. The van der Waals surface area contributed by atoms with Crippen LogP contribution in [-0.4, -0.2) is 24.6 Å². The Hall–Kier alpha value is -4.01. The molecule has 1 amide bonds. The Kier molecular flexibility index (Phi) is 6.44.